The van der Waals surface area contributed by atoms with Crippen LogP contribution in [-0.4, -0.2) is 68.7 Å². The smallest absolute Gasteiger partial charge is 0.258 e. The van der Waals surface area contributed by atoms with Crippen LogP contribution in [-0.2, 0) is 18.0 Å². The molecule has 1 fully saturated rings. The van der Waals surface area contributed by atoms with Crippen LogP contribution in [0.4, 0.5) is 10.2 Å². The van der Waals surface area contributed by atoms with Crippen molar-refractivity contribution in [3.8, 4) is 11.5 Å². The number of carbonyl (C=O) groups is 1. The summed E-state index contributed by atoms with van der Waals surface area (Å²) in [6, 6.07) is 8.18. The van der Waals surface area contributed by atoms with Crippen LogP contribution >= 0.6 is 22.9 Å². The number of hydrogen-bond acceptors (Lipinski definition) is 9. The molecule has 0 unspecified atom stereocenters. The van der Waals surface area contributed by atoms with E-state index in [1.54, 1.807) is 25.0 Å². The lowest BCUT2D eigenvalue weighted by atomic mass is 10.1. The van der Waals surface area contributed by atoms with Crippen molar-refractivity contribution in [3.05, 3.63) is 74.6 Å². The number of piperazine rings is 1. The van der Waals surface area contributed by atoms with Crippen LogP contribution in [0.3, 0.4) is 0 Å². The summed E-state index contributed by atoms with van der Waals surface area (Å²) in [5, 5.41) is 5.77. The quantitative estimate of drug-likeness (QED) is 0.340. The monoisotopic (exact) mass is 557 g/mol. The van der Waals surface area contributed by atoms with Crippen molar-refractivity contribution in [1.29, 1.82) is 0 Å². The highest BCUT2D eigenvalue weighted by Crippen LogP contribution is 2.24. The molecule has 0 aliphatic carbocycles. The Hall–Kier alpha value is -3.45. The fourth-order valence-corrected chi connectivity index (χ4v) is 5.05. The predicted octanol–water partition coefficient (Wildman–Crippen LogP) is 3.89. The maximum atomic E-state index is 14.4. The van der Waals surface area contributed by atoms with Gasteiger partial charge in [0.25, 0.3) is 11.8 Å². The number of halogens is 2. The molecule has 5 rings (SSSR count). The molecule has 4 heterocycles. The summed E-state index contributed by atoms with van der Waals surface area (Å²) >= 11 is 7.34. The van der Waals surface area contributed by atoms with E-state index in [0.29, 0.717) is 57.0 Å². The number of benzene rings is 1. The molecule has 198 valence electrons. The van der Waals surface area contributed by atoms with Gasteiger partial charge in [0.2, 0.25) is 0 Å². The summed E-state index contributed by atoms with van der Waals surface area (Å²) in [5.74, 6) is 0.374. The minimum absolute atomic E-state index is 0.0132. The first kappa shape index (κ1) is 26.2. The average Bonchev–Trinajstić information content (AvgIpc) is 3.54. The molecule has 10 nitrogen and oxygen atoms in total. The molecule has 0 N–H and O–H groups in total. The first-order valence-corrected chi connectivity index (χ1v) is 13.1. The Morgan fingerprint density at radius 2 is 2.05 bits per heavy atom. The second kappa shape index (κ2) is 11.5. The number of nitrogens with zero attached hydrogens (tertiary/aromatic N) is 7. The van der Waals surface area contributed by atoms with Gasteiger partial charge in [-0.1, -0.05) is 22.8 Å². The summed E-state index contributed by atoms with van der Waals surface area (Å²) in [5.41, 5.74) is 1.47. The van der Waals surface area contributed by atoms with Crippen molar-refractivity contribution in [3.63, 3.8) is 0 Å². The molecular formula is C25H25ClFN7O3S. The van der Waals surface area contributed by atoms with Crippen LogP contribution in [0.1, 0.15) is 21.9 Å². The van der Waals surface area contributed by atoms with Crippen molar-refractivity contribution < 1.29 is 18.4 Å². The van der Waals surface area contributed by atoms with Gasteiger partial charge >= 0.3 is 0 Å². The molecule has 38 heavy (non-hydrogen) atoms. The molecule has 1 saturated heterocycles. The number of aryl methyl sites for hydroxylation is 1. The first-order valence-electron chi connectivity index (χ1n) is 11.9. The van der Waals surface area contributed by atoms with Crippen LogP contribution in [0.15, 0.2) is 51.4 Å². The van der Waals surface area contributed by atoms with Gasteiger partial charge in [-0.25, -0.2) is 14.4 Å². The molecule has 13 heteroatoms. The van der Waals surface area contributed by atoms with E-state index in [1.807, 2.05) is 28.3 Å². The second-order valence-corrected chi connectivity index (χ2v) is 9.99. The zero-order valence-electron chi connectivity index (χ0n) is 20.8. The maximum Gasteiger partial charge on any atom is 0.258 e. The van der Waals surface area contributed by atoms with E-state index in [-0.39, 0.29) is 16.5 Å². The first-order chi connectivity index (χ1) is 18.4. The van der Waals surface area contributed by atoms with Gasteiger partial charge in [-0.05, 0) is 31.2 Å². The number of thiazole rings is 1. The van der Waals surface area contributed by atoms with Crippen molar-refractivity contribution in [2.24, 2.45) is 4.99 Å². The van der Waals surface area contributed by atoms with E-state index >= 15 is 0 Å². The minimum atomic E-state index is -0.687. The summed E-state index contributed by atoms with van der Waals surface area (Å²) in [6.45, 7) is 4.78. The zero-order chi connectivity index (χ0) is 26.6. The van der Waals surface area contributed by atoms with Crippen molar-refractivity contribution >= 4 is 34.7 Å². The summed E-state index contributed by atoms with van der Waals surface area (Å²) in [6.07, 6.45) is 1.90. The van der Waals surface area contributed by atoms with Crippen LogP contribution < -0.4 is 4.80 Å². The number of pyridine rings is 1. The standard InChI is InChI=1S/C25H25ClFN7O3S/c1-16-28-23(37-31-16)17-12-18(29-21(13-17)30-25-34(15-36-2)10-11-38-25)14-32-6-8-33(9-7-32)24(35)19-4-3-5-20(26)22(19)27/h3-5,10-13H,6-9,14-15H2,1-2H3/b30-25-. The van der Waals surface area contributed by atoms with Crippen molar-refractivity contribution in [2.75, 3.05) is 33.3 Å². The van der Waals surface area contributed by atoms with E-state index in [9.17, 15) is 9.18 Å². The fourth-order valence-electron chi connectivity index (χ4n) is 4.15. The Balaban J connectivity index is 1.35. The molecule has 3 aromatic heterocycles. The van der Waals surface area contributed by atoms with Gasteiger partial charge in [-0.15, -0.1) is 11.3 Å². The highest BCUT2D eigenvalue weighted by atomic mass is 35.5. The van der Waals surface area contributed by atoms with Gasteiger partial charge in [-0.3, -0.25) is 14.3 Å². The molecule has 0 saturated carbocycles. The molecule has 4 aromatic rings. The van der Waals surface area contributed by atoms with Gasteiger partial charge in [0, 0.05) is 57.0 Å². The van der Waals surface area contributed by atoms with Crippen LogP contribution in [0.5, 0.6) is 0 Å². The Kier molecular flexibility index (Phi) is 7.93. The normalized spacial score (nSPS) is 14.8. The molecule has 0 spiro atoms. The van der Waals surface area contributed by atoms with E-state index in [0.717, 1.165) is 16.1 Å². The number of carbonyl (C=O) groups excluding carboxylic acids is 1. The van der Waals surface area contributed by atoms with Gasteiger partial charge in [0.1, 0.15) is 6.73 Å². The molecule has 0 radical (unpaired) electrons. The fraction of sp³-hybridized carbons (Fsp3) is 0.320. The Morgan fingerprint density at radius 1 is 1.24 bits per heavy atom. The number of ether oxygens (including phenoxy) is 1. The lowest BCUT2D eigenvalue weighted by Gasteiger charge is -2.34. The molecule has 1 aliphatic heterocycles. The Labute approximate surface area is 227 Å². The van der Waals surface area contributed by atoms with Crippen LogP contribution in [0.2, 0.25) is 5.02 Å². The number of amides is 1. The van der Waals surface area contributed by atoms with E-state index in [1.165, 1.54) is 23.5 Å². The van der Waals surface area contributed by atoms with E-state index in [4.69, 9.17) is 30.8 Å². The maximum absolute atomic E-state index is 14.4. The highest BCUT2D eigenvalue weighted by molar-refractivity contribution is 7.07. The molecular weight excluding hydrogens is 533 g/mol. The van der Waals surface area contributed by atoms with Crippen molar-refractivity contribution in [2.45, 2.75) is 20.2 Å². The van der Waals surface area contributed by atoms with Crippen molar-refractivity contribution in [1.82, 2.24) is 29.5 Å². The van der Waals surface area contributed by atoms with Crippen LogP contribution in [0.25, 0.3) is 11.5 Å². The Morgan fingerprint density at radius 3 is 2.79 bits per heavy atom. The third kappa shape index (κ3) is 5.83. The number of methoxy groups -OCH3 is 1. The van der Waals surface area contributed by atoms with E-state index in [2.05, 4.69) is 15.0 Å². The predicted molar refractivity (Wildman–Crippen MR) is 139 cm³/mol. The third-order valence-electron chi connectivity index (χ3n) is 6.00. The molecule has 0 atom stereocenters. The molecule has 1 aromatic carbocycles. The lowest BCUT2D eigenvalue weighted by molar-refractivity contribution is 0.0622. The van der Waals surface area contributed by atoms with Gasteiger partial charge in [-0.2, -0.15) is 4.98 Å². The second-order valence-electron chi connectivity index (χ2n) is 8.71. The summed E-state index contributed by atoms with van der Waals surface area (Å²) < 4.78 is 26.9. The number of aromatic nitrogens is 4. The third-order valence-corrected chi connectivity index (χ3v) is 7.09. The van der Waals surface area contributed by atoms with Gasteiger partial charge < -0.3 is 14.2 Å². The highest BCUT2D eigenvalue weighted by Gasteiger charge is 2.25. The molecule has 1 amide bonds. The minimum Gasteiger partial charge on any atom is -0.364 e. The van der Waals surface area contributed by atoms with E-state index < -0.39 is 5.82 Å². The topological polar surface area (TPSA) is 102 Å². The molecule has 0 bridgehead atoms. The summed E-state index contributed by atoms with van der Waals surface area (Å²) in [4.78, 5) is 31.3. The zero-order valence-corrected chi connectivity index (χ0v) is 22.4. The summed E-state index contributed by atoms with van der Waals surface area (Å²) in [7, 11) is 1.63. The number of hydrogen-bond donors (Lipinski definition) is 0. The van der Waals surface area contributed by atoms with Gasteiger partial charge in [0.15, 0.2) is 22.3 Å². The largest absolute Gasteiger partial charge is 0.364 e. The lowest BCUT2D eigenvalue weighted by Crippen LogP contribution is -2.48. The molecule has 1 aliphatic rings. The Bertz CT molecular complexity index is 1510. The number of rotatable bonds is 7. The SMILES string of the molecule is COCn1ccs/c1=N\c1cc(-c2nc(C)no2)cc(CN2CCN(C(=O)c3cccc(Cl)c3F)CC2)n1. The van der Waals surface area contributed by atoms with Gasteiger partial charge in [0.05, 0.1) is 16.3 Å². The van der Waals surface area contributed by atoms with Crippen LogP contribution in [0, 0.1) is 12.7 Å². The average molecular weight is 558 g/mol.